The number of likely N-dealkylation sites (N-methyl/N-ethyl adjacent to an activating group) is 1. The summed E-state index contributed by atoms with van der Waals surface area (Å²) in [6.45, 7) is 9.78. The van der Waals surface area contributed by atoms with E-state index in [2.05, 4.69) is 53.5 Å². The topological polar surface area (TPSA) is 35.6 Å². The van der Waals surface area contributed by atoms with Gasteiger partial charge in [-0.25, -0.2) is 4.79 Å². The molecule has 1 atom stereocenters. The Morgan fingerprint density at radius 3 is 2.69 bits per heavy atom. The van der Waals surface area contributed by atoms with Crippen LogP contribution in [-0.4, -0.2) is 41.5 Å². The molecule has 0 aliphatic carbocycles. The van der Waals surface area contributed by atoms with E-state index in [-0.39, 0.29) is 12.1 Å². The van der Waals surface area contributed by atoms with Gasteiger partial charge in [0, 0.05) is 37.9 Å². The number of aryl methyl sites for hydroxylation is 2. The fourth-order valence-electron chi connectivity index (χ4n) is 3.68. The maximum atomic E-state index is 12.9. The van der Waals surface area contributed by atoms with Crippen LogP contribution >= 0.6 is 0 Å². The number of nitrogens with zero attached hydrogens (tertiary/aromatic N) is 2. The summed E-state index contributed by atoms with van der Waals surface area (Å²) >= 11 is 0. The minimum atomic E-state index is 0.00719. The summed E-state index contributed by atoms with van der Waals surface area (Å²) in [7, 11) is 0. The summed E-state index contributed by atoms with van der Waals surface area (Å²) in [6, 6.07) is 17.0. The molecular weight excluding hydrogens is 322 g/mol. The van der Waals surface area contributed by atoms with Crippen LogP contribution < -0.4 is 5.32 Å². The molecule has 4 heteroatoms. The van der Waals surface area contributed by atoms with Crippen LogP contribution in [0.25, 0.3) is 0 Å². The Balaban J connectivity index is 1.61. The Kier molecular flexibility index (Phi) is 5.94. The molecule has 1 unspecified atom stereocenters. The van der Waals surface area contributed by atoms with Gasteiger partial charge < -0.3 is 10.2 Å². The molecule has 1 aliphatic heterocycles. The molecule has 2 amide bonds. The molecule has 4 nitrogen and oxygen atoms in total. The molecule has 1 N–H and O–H groups in total. The summed E-state index contributed by atoms with van der Waals surface area (Å²) in [6.07, 6.45) is 1.03. The second-order valence-corrected chi connectivity index (χ2v) is 7.20. The largest absolute Gasteiger partial charge is 0.322 e. The van der Waals surface area contributed by atoms with Crippen molar-refractivity contribution in [2.24, 2.45) is 0 Å². The first kappa shape index (κ1) is 18.5. The number of hydrogen-bond donors (Lipinski definition) is 1. The van der Waals surface area contributed by atoms with Gasteiger partial charge in [-0.05, 0) is 49.9 Å². The van der Waals surface area contributed by atoms with Gasteiger partial charge in [-0.15, -0.1) is 0 Å². The van der Waals surface area contributed by atoms with Crippen molar-refractivity contribution in [2.75, 3.05) is 25.0 Å². The second kappa shape index (κ2) is 8.37. The van der Waals surface area contributed by atoms with Gasteiger partial charge in [0.15, 0.2) is 0 Å². The number of likely N-dealkylation sites (tertiary alicyclic amines) is 1. The van der Waals surface area contributed by atoms with Crippen LogP contribution in [-0.2, 0) is 6.54 Å². The number of hydrogen-bond acceptors (Lipinski definition) is 2. The van der Waals surface area contributed by atoms with Crippen molar-refractivity contribution in [1.29, 1.82) is 0 Å². The van der Waals surface area contributed by atoms with Crippen LogP contribution in [0.4, 0.5) is 10.5 Å². The minimum Gasteiger partial charge on any atom is -0.320 e. The highest BCUT2D eigenvalue weighted by molar-refractivity contribution is 5.90. The van der Waals surface area contributed by atoms with Gasteiger partial charge in [-0.1, -0.05) is 42.5 Å². The molecule has 1 aliphatic rings. The summed E-state index contributed by atoms with van der Waals surface area (Å²) < 4.78 is 0. The third-order valence-electron chi connectivity index (χ3n) is 5.17. The van der Waals surface area contributed by atoms with Crippen molar-refractivity contribution in [3.63, 3.8) is 0 Å². The van der Waals surface area contributed by atoms with Crippen LogP contribution in [0.3, 0.4) is 0 Å². The quantitative estimate of drug-likeness (QED) is 0.865. The number of carbonyl (C=O) groups excluding carboxylic acids is 1. The number of anilines is 1. The molecule has 0 radical (unpaired) electrons. The Bertz CT molecular complexity index is 744. The SMILES string of the molecule is CCN(C(=O)Nc1cc(C)ccc1C)C1CCN(Cc2ccccc2)C1. The molecule has 1 fully saturated rings. The van der Waals surface area contributed by atoms with E-state index < -0.39 is 0 Å². The number of carbonyl (C=O) groups is 1. The van der Waals surface area contributed by atoms with E-state index in [0.717, 1.165) is 49.4 Å². The van der Waals surface area contributed by atoms with Gasteiger partial charge >= 0.3 is 6.03 Å². The van der Waals surface area contributed by atoms with Crippen molar-refractivity contribution in [3.05, 3.63) is 65.2 Å². The molecule has 1 saturated heterocycles. The first-order valence-electron chi connectivity index (χ1n) is 9.48. The molecule has 0 spiro atoms. The smallest absolute Gasteiger partial charge is 0.320 e. The summed E-state index contributed by atoms with van der Waals surface area (Å²) in [4.78, 5) is 17.3. The lowest BCUT2D eigenvalue weighted by molar-refractivity contribution is 0.189. The molecule has 0 aromatic heterocycles. The number of benzene rings is 2. The van der Waals surface area contributed by atoms with E-state index in [0.29, 0.717) is 0 Å². The highest BCUT2D eigenvalue weighted by Crippen LogP contribution is 2.21. The zero-order chi connectivity index (χ0) is 18.5. The summed E-state index contributed by atoms with van der Waals surface area (Å²) in [5, 5.41) is 3.11. The number of nitrogens with one attached hydrogen (secondary N) is 1. The van der Waals surface area contributed by atoms with Gasteiger partial charge in [0.2, 0.25) is 0 Å². The van der Waals surface area contributed by atoms with Crippen molar-refractivity contribution in [3.8, 4) is 0 Å². The van der Waals surface area contributed by atoms with Gasteiger partial charge in [-0.2, -0.15) is 0 Å². The van der Waals surface area contributed by atoms with E-state index in [1.807, 2.05) is 30.9 Å². The first-order valence-corrected chi connectivity index (χ1v) is 9.48. The number of amides is 2. The van der Waals surface area contributed by atoms with Crippen molar-refractivity contribution in [2.45, 2.75) is 39.8 Å². The van der Waals surface area contributed by atoms with Crippen LogP contribution in [0, 0.1) is 13.8 Å². The predicted octanol–water partition coefficient (Wildman–Crippen LogP) is 4.43. The van der Waals surface area contributed by atoms with Crippen LogP contribution in [0.5, 0.6) is 0 Å². The highest BCUT2D eigenvalue weighted by Gasteiger charge is 2.30. The Labute approximate surface area is 156 Å². The first-order chi connectivity index (χ1) is 12.6. The molecule has 138 valence electrons. The molecule has 26 heavy (non-hydrogen) atoms. The van der Waals surface area contributed by atoms with E-state index in [1.54, 1.807) is 0 Å². The summed E-state index contributed by atoms with van der Waals surface area (Å²) in [5.74, 6) is 0. The van der Waals surface area contributed by atoms with E-state index in [1.165, 1.54) is 5.56 Å². The lowest BCUT2D eigenvalue weighted by Gasteiger charge is -2.28. The van der Waals surface area contributed by atoms with Crippen LogP contribution in [0.15, 0.2) is 48.5 Å². The second-order valence-electron chi connectivity index (χ2n) is 7.20. The molecule has 0 saturated carbocycles. The van der Waals surface area contributed by atoms with E-state index >= 15 is 0 Å². The number of urea groups is 1. The average molecular weight is 351 g/mol. The monoisotopic (exact) mass is 351 g/mol. The van der Waals surface area contributed by atoms with Crippen molar-refractivity contribution >= 4 is 11.7 Å². The summed E-state index contributed by atoms with van der Waals surface area (Å²) in [5.41, 5.74) is 4.49. The fourth-order valence-corrected chi connectivity index (χ4v) is 3.68. The van der Waals surface area contributed by atoms with Crippen LogP contribution in [0.2, 0.25) is 0 Å². The van der Waals surface area contributed by atoms with Gasteiger partial charge in [0.1, 0.15) is 0 Å². The lowest BCUT2D eigenvalue weighted by atomic mass is 10.1. The zero-order valence-corrected chi connectivity index (χ0v) is 16.0. The van der Waals surface area contributed by atoms with Crippen LogP contribution in [0.1, 0.15) is 30.0 Å². The fraction of sp³-hybridized carbons (Fsp3) is 0.409. The van der Waals surface area contributed by atoms with E-state index in [9.17, 15) is 4.79 Å². The molecular formula is C22H29N3O. The molecule has 1 heterocycles. The molecule has 3 rings (SSSR count). The Hall–Kier alpha value is -2.33. The average Bonchev–Trinajstić information content (AvgIpc) is 3.08. The van der Waals surface area contributed by atoms with Crippen molar-refractivity contribution in [1.82, 2.24) is 9.80 Å². The van der Waals surface area contributed by atoms with Gasteiger partial charge in [0.25, 0.3) is 0 Å². The molecule has 0 bridgehead atoms. The normalized spacial score (nSPS) is 17.3. The van der Waals surface area contributed by atoms with Gasteiger partial charge in [0.05, 0.1) is 0 Å². The molecule has 2 aromatic carbocycles. The Morgan fingerprint density at radius 2 is 1.96 bits per heavy atom. The standard InChI is InChI=1S/C22H29N3O/c1-4-25(22(26)23-21-14-17(2)10-11-18(21)3)20-12-13-24(16-20)15-19-8-6-5-7-9-19/h5-11,14,20H,4,12-13,15-16H2,1-3H3,(H,23,26). The Morgan fingerprint density at radius 1 is 1.19 bits per heavy atom. The number of rotatable bonds is 5. The maximum absolute atomic E-state index is 12.9. The third-order valence-corrected chi connectivity index (χ3v) is 5.17. The predicted molar refractivity (Wildman–Crippen MR) is 107 cm³/mol. The van der Waals surface area contributed by atoms with Crippen molar-refractivity contribution < 1.29 is 4.79 Å². The lowest BCUT2D eigenvalue weighted by Crippen LogP contribution is -2.44. The molecule has 2 aromatic rings. The van der Waals surface area contributed by atoms with E-state index in [4.69, 9.17) is 0 Å². The van der Waals surface area contributed by atoms with Gasteiger partial charge in [-0.3, -0.25) is 4.90 Å². The third kappa shape index (κ3) is 4.44. The zero-order valence-electron chi connectivity index (χ0n) is 16.0. The minimum absolute atomic E-state index is 0.00719. The maximum Gasteiger partial charge on any atom is 0.322 e. The highest BCUT2D eigenvalue weighted by atomic mass is 16.2.